The molecule has 0 aliphatic carbocycles. The van der Waals surface area contributed by atoms with Crippen molar-refractivity contribution in [1.29, 1.82) is 0 Å². The second-order valence-electron chi connectivity index (χ2n) is 5.98. The van der Waals surface area contributed by atoms with Crippen molar-refractivity contribution in [3.05, 3.63) is 57.8 Å². The van der Waals surface area contributed by atoms with Crippen LogP contribution < -0.4 is 10.6 Å². The van der Waals surface area contributed by atoms with Gasteiger partial charge in [0.15, 0.2) is 5.96 Å². The maximum atomic E-state index is 11.8. The van der Waals surface area contributed by atoms with Gasteiger partial charge in [0.05, 0.1) is 6.54 Å². The molecular weight excluding hydrogens is 471 g/mol. The topological polar surface area (TPSA) is 56.7 Å². The number of rotatable bonds is 8. The third kappa shape index (κ3) is 7.88. The van der Waals surface area contributed by atoms with Gasteiger partial charge in [0.2, 0.25) is 0 Å². The summed E-state index contributed by atoms with van der Waals surface area (Å²) in [6, 6.07) is 11.9. The largest absolute Gasteiger partial charge is 0.357 e. The van der Waals surface area contributed by atoms with E-state index in [1.54, 1.807) is 11.3 Å². The van der Waals surface area contributed by atoms with Crippen LogP contribution in [0.25, 0.3) is 0 Å². The average Bonchev–Trinajstić information content (AvgIpc) is 3.17. The van der Waals surface area contributed by atoms with Gasteiger partial charge in [0.25, 0.3) is 5.91 Å². The number of amides is 1. The number of nitrogens with zero attached hydrogens (tertiary/aromatic N) is 2. The molecule has 27 heavy (non-hydrogen) atoms. The van der Waals surface area contributed by atoms with Gasteiger partial charge in [0, 0.05) is 37.1 Å². The summed E-state index contributed by atoms with van der Waals surface area (Å²) in [5, 5.41) is 8.26. The fraction of sp³-hybridized carbons (Fsp3) is 0.400. The second-order valence-corrected chi connectivity index (χ2v) is 7.01. The molecular formula is C20H29IN4OS. The first-order valence-electron chi connectivity index (χ1n) is 9.03. The van der Waals surface area contributed by atoms with Crippen LogP contribution >= 0.6 is 35.3 Å². The van der Waals surface area contributed by atoms with Crippen molar-refractivity contribution in [2.75, 3.05) is 26.7 Å². The summed E-state index contributed by atoms with van der Waals surface area (Å²) >= 11 is 1.79. The van der Waals surface area contributed by atoms with Crippen LogP contribution in [0.15, 0.2) is 46.8 Å². The van der Waals surface area contributed by atoms with Crippen LogP contribution in [0.1, 0.15) is 34.6 Å². The van der Waals surface area contributed by atoms with Crippen LogP contribution in [0.2, 0.25) is 0 Å². The number of hydrogen-bond donors (Lipinski definition) is 2. The molecule has 5 nitrogen and oxygen atoms in total. The van der Waals surface area contributed by atoms with Crippen molar-refractivity contribution in [3.63, 3.8) is 0 Å². The minimum absolute atomic E-state index is 0. The molecule has 148 valence electrons. The molecule has 2 rings (SSSR count). The smallest absolute Gasteiger partial charge is 0.251 e. The Hall–Kier alpha value is -1.61. The molecule has 0 aliphatic heterocycles. The van der Waals surface area contributed by atoms with E-state index in [2.05, 4.69) is 47.0 Å². The zero-order valence-electron chi connectivity index (χ0n) is 16.2. The van der Waals surface area contributed by atoms with Crippen LogP contribution in [0.3, 0.4) is 0 Å². The molecule has 1 amide bonds. The highest BCUT2D eigenvalue weighted by Crippen LogP contribution is 2.10. The van der Waals surface area contributed by atoms with E-state index in [1.807, 2.05) is 31.2 Å². The lowest BCUT2D eigenvalue weighted by atomic mass is 10.1. The standard InChI is InChI=1S/C20H28N4OS.HI/c1-4-21-19(25)17-10-8-16(9-11-17)15-23-20(22-5-2)24(3)13-12-18-7-6-14-26-18;/h6-11,14H,4-5,12-13,15H2,1-3H3,(H,21,25)(H,22,23);1H. The Morgan fingerprint density at radius 1 is 1.11 bits per heavy atom. The minimum Gasteiger partial charge on any atom is -0.357 e. The molecule has 2 aromatic rings. The van der Waals surface area contributed by atoms with Crippen LogP contribution in [-0.2, 0) is 13.0 Å². The summed E-state index contributed by atoms with van der Waals surface area (Å²) in [5.74, 6) is 0.862. The summed E-state index contributed by atoms with van der Waals surface area (Å²) in [7, 11) is 2.06. The van der Waals surface area contributed by atoms with Gasteiger partial charge in [-0.05, 0) is 49.4 Å². The monoisotopic (exact) mass is 500 g/mol. The maximum absolute atomic E-state index is 11.8. The molecule has 1 aromatic carbocycles. The lowest BCUT2D eigenvalue weighted by molar-refractivity contribution is 0.0956. The lowest BCUT2D eigenvalue weighted by Crippen LogP contribution is -2.39. The summed E-state index contributed by atoms with van der Waals surface area (Å²) in [6.07, 6.45) is 1.01. The highest BCUT2D eigenvalue weighted by molar-refractivity contribution is 14.0. The Balaban J connectivity index is 0.00000364. The van der Waals surface area contributed by atoms with E-state index < -0.39 is 0 Å². The number of likely N-dealkylation sites (N-methyl/N-ethyl adjacent to an activating group) is 1. The Bertz CT molecular complexity index is 701. The molecule has 0 fully saturated rings. The number of halogens is 1. The van der Waals surface area contributed by atoms with Gasteiger partial charge in [-0.25, -0.2) is 4.99 Å². The van der Waals surface area contributed by atoms with Gasteiger partial charge in [-0.3, -0.25) is 4.79 Å². The van der Waals surface area contributed by atoms with Crippen molar-refractivity contribution in [2.45, 2.75) is 26.8 Å². The fourth-order valence-corrected chi connectivity index (χ4v) is 3.20. The van der Waals surface area contributed by atoms with Gasteiger partial charge in [-0.1, -0.05) is 18.2 Å². The van der Waals surface area contributed by atoms with Crippen molar-refractivity contribution >= 4 is 47.2 Å². The fourth-order valence-electron chi connectivity index (χ4n) is 2.50. The third-order valence-electron chi connectivity index (χ3n) is 3.94. The highest BCUT2D eigenvalue weighted by Gasteiger charge is 2.07. The zero-order valence-corrected chi connectivity index (χ0v) is 19.3. The van der Waals surface area contributed by atoms with Crippen molar-refractivity contribution in [3.8, 4) is 0 Å². The van der Waals surface area contributed by atoms with E-state index in [0.717, 1.165) is 31.0 Å². The molecule has 0 aliphatic rings. The molecule has 0 saturated heterocycles. The van der Waals surface area contributed by atoms with E-state index in [-0.39, 0.29) is 29.9 Å². The summed E-state index contributed by atoms with van der Waals surface area (Å²) < 4.78 is 0. The SMILES string of the molecule is CCNC(=O)c1ccc(CN=C(NCC)N(C)CCc2cccs2)cc1.I. The molecule has 0 spiro atoms. The van der Waals surface area contributed by atoms with Crippen LogP contribution in [0, 0.1) is 0 Å². The Morgan fingerprint density at radius 2 is 1.81 bits per heavy atom. The summed E-state index contributed by atoms with van der Waals surface area (Å²) in [4.78, 5) is 20.1. The van der Waals surface area contributed by atoms with Crippen LogP contribution in [0.4, 0.5) is 0 Å². The van der Waals surface area contributed by atoms with Gasteiger partial charge < -0.3 is 15.5 Å². The first-order valence-corrected chi connectivity index (χ1v) is 9.91. The average molecular weight is 500 g/mol. The van der Waals surface area contributed by atoms with Gasteiger partial charge >= 0.3 is 0 Å². The zero-order chi connectivity index (χ0) is 18.8. The van der Waals surface area contributed by atoms with E-state index in [1.165, 1.54) is 4.88 Å². The minimum atomic E-state index is -0.0378. The molecule has 0 radical (unpaired) electrons. The quantitative estimate of drug-likeness (QED) is 0.330. The Kier molecular flexibility index (Phi) is 11.0. The Morgan fingerprint density at radius 3 is 2.41 bits per heavy atom. The normalized spacial score (nSPS) is 10.9. The van der Waals surface area contributed by atoms with E-state index >= 15 is 0 Å². The summed E-state index contributed by atoms with van der Waals surface area (Å²) in [5.41, 5.74) is 1.76. The van der Waals surface area contributed by atoms with Crippen LogP contribution in [0.5, 0.6) is 0 Å². The predicted molar refractivity (Wildman–Crippen MR) is 125 cm³/mol. The highest BCUT2D eigenvalue weighted by atomic mass is 127. The van der Waals surface area contributed by atoms with Crippen molar-refractivity contribution < 1.29 is 4.79 Å². The third-order valence-corrected chi connectivity index (χ3v) is 4.87. The number of carbonyl (C=O) groups excluding carboxylic acids is 1. The first-order chi connectivity index (χ1) is 12.6. The number of aliphatic imine (C=N–C) groups is 1. The molecule has 2 N–H and O–H groups in total. The van der Waals surface area contributed by atoms with Gasteiger partial charge in [0.1, 0.15) is 0 Å². The molecule has 0 atom stereocenters. The first kappa shape index (κ1) is 23.4. The van der Waals surface area contributed by atoms with E-state index in [9.17, 15) is 4.79 Å². The van der Waals surface area contributed by atoms with Crippen LogP contribution in [-0.4, -0.2) is 43.4 Å². The number of thiophene rings is 1. The second kappa shape index (κ2) is 12.7. The summed E-state index contributed by atoms with van der Waals surface area (Å²) in [6.45, 7) is 6.96. The van der Waals surface area contributed by atoms with Gasteiger partial charge in [-0.15, -0.1) is 35.3 Å². The van der Waals surface area contributed by atoms with E-state index in [4.69, 9.17) is 4.99 Å². The molecule has 0 saturated carbocycles. The molecule has 1 heterocycles. The van der Waals surface area contributed by atoms with Crippen molar-refractivity contribution in [1.82, 2.24) is 15.5 Å². The predicted octanol–water partition coefficient (Wildman–Crippen LogP) is 3.76. The van der Waals surface area contributed by atoms with Crippen molar-refractivity contribution in [2.24, 2.45) is 4.99 Å². The number of hydrogen-bond acceptors (Lipinski definition) is 3. The van der Waals surface area contributed by atoms with E-state index in [0.29, 0.717) is 18.7 Å². The molecule has 0 unspecified atom stereocenters. The number of nitrogens with one attached hydrogen (secondary N) is 2. The number of benzene rings is 1. The molecule has 7 heteroatoms. The number of carbonyl (C=O) groups is 1. The molecule has 1 aromatic heterocycles. The number of guanidine groups is 1. The Labute approximate surface area is 183 Å². The molecule has 0 bridgehead atoms. The lowest BCUT2D eigenvalue weighted by Gasteiger charge is -2.21. The maximum Gasteiger partial charge on any atom is 0.251 e. The van der Waals surface area contributed by atoms with Gasteiger partial charge in [-0.2, -0.15) is 0 Å².